The molecule has 0 heterocycles. The van der Waals surface area contributed by atoms with Crippen LogP contribution < -0.4 is 4.90 Å². The van der Waals surface area contributed by atoms with Crippen LogP contribution in [0.15, 0.2) is 43.0 Å². The zero-order chi connectivity index (χ0) is 16.8. The van der Waals surface area contributed by atoms with Gasteiger partial charge >= 0.3 is 0 Å². The first-order valence-electron chi connectivity index (χ1n) is 9.28. The molecule has 2 nitrogen and oxygen atoms in total. The van der Waals surface area contributed by atoms with Gasteiger partial charge in [-0.05, 0) is 24.6 Å². The second kappa shape index (κ2) is 12.9. The normalized spacial score (nSPS) is 10.5. The first-order valence-corrected chi connectivity index (χ1v) is 9.28. The molecule has 23 heavy (non-hydrogen) atoms. The number of carbonyl (C=O) groups excluding carboxylic acids is 1. The SMILES string of the molecule is C=CC(=O)N(CCCCCCCCCCCC)c1ccccc1. The van der Waals surface area contributed by atoms with E-state index < -0.39 is 0 Å². The van der Waals surface area contributed by atoms with Gasteiger partial charge in [0.2, 0.25) is 5.91 Å². The molecule has 0 bridgehead atoms. The van der Waals surface area contributed by atoms with Crippen LogP contribution in [0.25, 0.3) is 0 Å². The summed E-state index contributed by atoms with van der Waals surface area (Å²) in [7, 11) is 0. The number of carbonyl (C=O) groups is 1. The van der Waals surface area contributed by atoms with Gasteiger partial charge in [0.15, 0.2) is 0 Å². The largest absolute Gasteiger partial charge is 0.309 e. The van der Waals surface area contributed by atoms with Crippen LogP contribution >= 0.6 is 0 Å². The van der Waals surface area contributed by atoms with Gasteiger partial charge in [0.05, 0.1) is 0 Å². The third-order valence-corrected chi connectivity index (χ3v) is 4.24. The van der Waals surface area contributed by atoms with Crippen LogP contribution in [-0.4, -0.2) is 12.5 Å². The Morgan fingerprint density at radius 2 is 1.43 bits per heavy atom. The summed E-state index contributed by atoms with van der Waals surface area (Å²) in [5, 5.41) is 0. The van der Waals surface area contributed by atoms with E-state index >= 15 is 0 Å². The van der Waals surface area contributed by atoms with Crippen molar-refractivity contribution < 1.29 is 4.79 Å². The molecule has 0 aliphatic heterocycles. The molecule has 2 heteroatoms. The summed E-state index contributed by atoms with van der Waals surface area (Å²) >= 11 is 0. The highest BCUT2D eigenvalue weighted by molar-refractivity contribution is 6.00. The summed E-state index contributed by atoms with van der Waals surface area (Å²) in [5.41, 5.74) is 0.966. The van der Waals surface area contributed by atoms with Crippen molar-refractivity contribution in [1.82, 2.24) is 0 Å². The van der Waals surface area contributed by atoms with Gasteiger partial charge in [-0.15, -0.1) is 0 Å². The van der Waals surface area contributed by atoms with Crippen LogP contribution in [0.3, 0.4) is 0 Å². The van der Waals surface area contributed by atoms with E-state index in [0.29, 0.717) is 0 Å². The quantitative estimate of drug-likeness (QED) is 0.317. The van der Waals surface area contributed by atoms with Crippen molar-refractivity contribution in [2.75, 3.05) is 11.4 Å². The molecule has 1 amide bonds. The maximum absolute atomic E-state index is 12.0. The molecule has 0 saturated heterocycles. The zero-order valence-corrected chi connectivity index (χ0v) is 14.8. The lowest BCUT2D eigenvalue weighted by Crippen LogP contribution is -2.30. The fourth-order valence-electron chi connectivity index (χ4n) is 2.84. The van der Waals surface area contributed by atoms with E-state index in [1.54, 1.807) is 0 Å². The number of amides is 1. The molecule has 0 aliphatic rings. The highest BCUT2D eigenvalue weighted by atomic mass is 16.2. The fraction of sp³-hybridized carbons (Fsp3) is 0.571. The first-order chi connectivity index (χ1) is 11.3. The Kier molecular flexibility index (Phi) is 10.9. The van der Waals surface area contributed by atoms with E-state index in [4.69, 9.17) is 0 Å². The van der Waals surface area contributed by atoms with E-state index in [1.165, 1.54) is 63.9 Å². The summed E-state index contributed by atoms with van der Waals surface area (Å²) in [6, 6.07) is 9.88. The third kappa shape index (κ3) is 8.59. The maximum Gasteiger partial charge on any atom is 0.250 e. The minimum absolute atomic E-state index is 0.00729. The molecule has 1 aromatic rings. The van der Waals surface area contributed by atoms with E-state index in [9.17, 15) is 4.79 Å². The molecule has 0 unspecified atom stereocenters. The molecule has 0 fully saturated rings. The third-order valence-electron chi connectivity index (χ3n) is 4.24. The second-order valence-corrected chi connectivity index (χ2v) is 6.21. The van der Waals surface area contributed by atoms with Crippen molar-refractivity contribution in [1.29, 1.82) is 0 Å². The van der Waals surface area contributed by atoms with Crippen LogP contribution in [0.2, 0.25) is 0 Å². The molecule has 0 atom stereocenters. The van der Waals surface area contributed by atoms with Crippen molar-refractivity contribution in [2.24, 2.45) is 0 Å². The molecule has 0 aromatic heterocycles. The Morgan fingerprint density at radius 1 is 0.913 bits per heavy atom. The van der Waals surface area contributed by atoms with Crippen molar-refractivity contribution in [3.05, 3.63) is 43.0 Å². The molecule has 128 valence electrons. The molecular weight excluding hydrogens is 282 g/mol. The number of hydrogen-bond donors (Lipinski definition) is 0. The number of benzene rings is 1. The van der Waals surface area contributed by atoms with Gasteiger partial charge in [-0.2, -0.15) is 0 Å². The highest BCUT2D eigenvalue weighted by Gasteiger charge is 2.11. The summed E-state index contributed by atoms with van der Waals surface area (Å²) in [4.78, 5) is 13.8. The molecule has 0 saturated carbocycles. The Bertz CT molecular complexity index is 427. The lowest BCUT2D eigenvalue weighted by molar-refractivity contribution is -0.114. The second-order valence-electron chi connectivity index (χ2n) is 6.21. The first kappa shape index (κ1) is 19.5. The predicted octanol–water partition coefficient (Wildman–Crippen LogP) is 6.13. The lowest BCUT2D eigenvalue weighted by Gasteiger charge is -2.21. The Balaban J connectivity index is 2.16. The minimum atomic E-state index is -0.00729. The van der Waals surface area contributed by atoms with Crippen LogP contribution in [0.4, 0.5) is 5.69 Å². The Morgan fingerprint density at radius 3 is 1.96 bits per heavy atom. The summed E-state index contributed by atoms with van der Waals surface area (Å²) < 4.78 is 0. The van der Waals surface area contributed by atoms with Gasteiger partial charge in [0, 0.05) is 12.2 Å². The lowest BCUT2D eigenvalue weighted by atomic mass is 10.1. The highest BCUT2D eigenvalue weighted by Crippen LogP contribution is 2.16. The molecule has 0 spiro atoms. The molecule has 1 rings (SSSR count). The van der Waals surface area contributed by atoms with Crippen LogP contribution in [0.5, 0.6) is 0 Å². The molecule has 1 aromatic carbocycles. The van der Waals surface area contributed by atoms with Crippen molar-refractivity contribution in [3.8, 4) is 0 Å². The molecular formula is C21H33NO. The van der Waals surface area contributed by atoms with Crippen LogP contribution in [-0.2, 0) is 4.79 Å². The maximum atomic E-state index is 12.0. The van der Waals surface area contributed by atoms with Crippen molar-refractivity contribution >= 4 is 11.6 Å². The monoisotopic (exact) mass is 315 g/mol. The van der Waals surface area contributed by atoms with E-state index in [0.717, 1.165) is 18.7 Å². The number of rotatable bonds is 13. The van der Waals surface area contributed by atoms with Gasteiger partial charge in [0.1, 0.15) is 0 Å². The summed E-state index contributed by atoms with van der Waals surface area (Å²) in [6.07, 6.45) is 14.5. The topological polar surface area (TPSA) is 20.3 Å². The molecule has 0 radical (unpaired) electrons. The Hall–Kier alpha value is -1.57. The van der Waals surface area contributed by atoms with E-state index in [2.05, 4.69) is 13.5 Å². The zero-order valence-electron chi connectivity index (χ0n) is 14.8. The smallest absolute Gasteiger partial charge is 0.250 e. The average Bonchev–Trinajstić information content (AvgIpc) is 2.60. The molecule has 0 N–H and O–H groups in total. The number of nitrogens with zero attached hydrogens (tertiary/aromatic N) is 1. The number of para-hydroxylation sites is 1. The summed E-state index contributed by atoms with van der Waals surface area (Å²) in [5.74, 6) is -0.00729. The minimum Gasteiger partial charge on any atom is -0.309 e. The van der Waals surface area contributed by atoms with Crippen LogP contribution in [0.1, 0.15) is 71.1 Å². The van der Waals surface area contributed by atoms with Crippen LogP contribution in [0, 0.1) is 0 Å². The van der Waals surface area contributed by atoms with E-state index in [-0.39, 0.29) is 5.91 Å². The van der Waals surface area contributed by atoms with E-state index in [1.807, 2.05) is 35.2 Å². The number of unbranched alkanes of at least 4 members (excludes halogenated alkanes) is 9. The number of hydrogen-bond acceptors (Lipinski definition) is 1. The van der Waals surface area contributed by atoms with Gasteiger partial charge in [-0.1, -0.05) is 89.5 Å². The Labute approximate surface area is 142 Å². The van der Waals surface area contributed by atoms with Crippen molar-refractivity contribution in [2.45, 2.75) is 71.1 Å². The average molecular weight is 316 g/mol. The van der Waals surface area contributed by atoms with Gasteiger partial charge in [0.25, 0.3) is 0 Å². The predicted molar refractivity (Wildman–Crippen MR) is 101 cm³/mol. The fourth-order valence-corrected chi connectivity index (χ4v) is 2.84. The number of anilines is 1. The summed E-state index contributed by atoms with van der Waals surface area (Å²) in [6.45, 7) is 6.66. The van der Waals surface area contributed by atoms with Gasteiger partial charge in [-0.3, -0.25) is 4.79 Å². The standard InChI is InChI=1S/C21H33NO/c1-3-5-6-7-8-9-10-11-12-16-19-22(21(23)4-2)20-17-14-13-15-18-20/h4,13-15,17-18H,2-3,5-12,16,19H2,1H3. The molecule has 0 aliphatic carbocycles. The van der Waals surface area contributed by atoms with Gasteiger partial charge in [-0.25, -0.2) is 0 Å². The van der Waals surface area contributed by atoms with Crippen molar-refractivity contribution in [3.63, 3.8) is 0 Å². The van der Waals surface area contributed by atoms with Gasteiger partial charge < -0.3 is 4.90 Å².